The summed E-state index contributed by atoms with van der Waals surface area (Å²) in [7, 11) is 0. The average Bonchev–Trinajstić information content (AvgIpc) is 2.86. The van der Waals surface area contributed by atoms with Crippen LogP contribution in [0.15, 0.2) is 91.0 Å². The molecule has 196 valence electrons. The molecule has 0 saturated carbocycles. The van der Waals surface area contributed by atoms with E-state index in [0.29, 0.717) is 11.1 Å². The molecule has 1 unspecified atom stereocenters. The van der Waals surface area contributed by atoms with Crippen molar-refractivity contribution in [2.45, 2.75) is 6.36 Å². The zero-order valence-electron chi connectivity index (χ0n) is 19.1. The number of anilines is 3. The van der Waals surface area contributed by atoms with Crippen molar-refractivity contribution in [1.82, 2.24) is 0 Å². The second-order valence-corrected chi connectivity index (χ2v) is 8.60. The lowest BCUT2D eigenvalue weighted by molar-refractivity contribution is -0.274. The quantitative estimate of drug-likeness (QED) is 0.162. The van der Waals surface area contributed by atoms with Crippen LogP contribution in [-0.4, -0.2) is 26.1 Å². The van der Waals surface area contributed by atoms with Gasteiger partial charge in [0.05, 0.1) is 22.6 Å². The SMILES string of the molecule is O=C(Nc1ccc(O)c(N(c2ccc(F)cc2)S(=O)[O-])c1)c1ccc(-c2cccc(OC(F)(F)F)c2)cc1. The van der Waals surface area contributed by atoms with Crippen molar-refractivity contribution in [2.24, 2.45) is 0 Å². The summed E-state index contributed by atoms with van der Waals surface area (Å²) in [5, 5.41) is 12.9. The molecule has 38 heavy (non-hydrogen) atoms. The number of rotatable bonds is 7. The fraction of sp³-hybridized carbons (Fsp3) is 0.0385. The second-order valence-electron chi connectivity index (χ2n) is 7.80. The summed E-state index contributed by atoms with van der Waals surface area (Å²) < 4.78 is 79.3. The molecule has 12 heteroatoms. The van der Waals surface area contributed by atoms with E-state index in [-0.39, 0.29) is 28.4 Å². The number of amides is 1. The number of nitrogens with zero attached hydrogens (tertiary/aromatic N) is 1. The Morgan fingerprint density at radius 3 is 2.24 bits per heavy atom. The van der Waals surface area contributed by atoms with Gasteiger partial charge in [0.1, 0.15) is 17.3 Å². The molecule has 0 aliphatic rings. The van der Waals surface area contributed by atoms with Gasteiger partial charge < -0.3 is 19.7 Å². The molecule has 4 aromatic rings. The van der Waals surface area contributed by atoms with Gasteiger partial charge in [0, 0.05) is 11.3 Å². The number of halogens is 4. The highest BCUT2D eigenvalue weighted by Crippen LogP contribution is 2.36. The van der Waals surface area contributed by atoms with E-state index in [1.54, 1.807) is 18.2 Å². The largest absolute Gasteiger partial charge is 0.755 e. The van der Waals surface area contributed by atoms with Gasteiger partial charge in [0.15, 0.2) is 0 Å². The number of carbonyl (C=O) groups excluding carboxylic acids is 1. The average molecular weight is 545 g/mol. The Labute approximate surface area is 216 Å². The summed E-state index contributed by atoms with van der Waals surface area (Å²) in [4.78, 5) is 12.8. The van der Waals surface area contributed by atoms with Gasteiger partial charge in [-0.3, -0.25) is 13.3 Å². The van der Waals surface area contributed by atoms with Crippen molar-refractivity contribution < 1.29 is 41.0 Å². The third-order valence-electron chi connectivity index (χ3n) is 5.21. The molecular weight excluding hydrogens is 528 g/mol. The van der Waals surface area contributed by atoms with E-state index < -0.39 is 35.1 Å². The number of phenols is 1. The maximum atomic E-state index is 13.3. The molecule has 0 heterocycles. The third kappa shape index (κ3) is 6.47. The van der Waals surface area contributed by atoms with Gasteiger partial charge in [-0.05, 0) is 77.9 Å². The van der Waals surface area contributed by atoms with Gasteiger partial charge in [-0.2, -0.15) is 0 Å². The van der Waals surface area contributed by atoms with E-state index in [0.717, 1.165) is 16.4 Å². The Kier molecular flexibility index (Phi) is 7.65. The van der Waals surface area contributed by atoms with Crippen molar-refractivity contribution in [3.63, 3.8) is 0 Å². The summed E-state index contributed by atoms with van der Waals surface area (Å²) in [5.74, 6) is -1.94. The Hall–Kier alpha value is -4.42. The Morgan fingerprint density at radius 2 is 1.61 bits per heavy atom. The summed E-state index contributed by atoms with van der Waals surface area (Å²) in [6.07, 6.45) is -4.83. The fourth-order valence-electron chi connectivity index (χ4n) is 3.54. The van der Waals surface area contributed by atoms with Crippen LogP contribution >= 0.6 is 0 Å². The standard InChI is InChI=1S/C26H18F4N2O5S/c27-19-8-11-21(12-9-19)32(38(35)36)23-15-20(10-13-24(23)33)31-25(34)17-6-4-16(5-7-17)18-2-1-3-22(14-18)37-26(28,29)30/h1-15,33H,(H,31,34)(H,35,36)/p-1. The minimum absolute atomic E-state index is 0.0544. The third-order valence-corrected chi connectivity index (χ3v) is 5.92. The van der Waals surface area contributed by atoms with E-state index in [9.17, 15) is 36.2 Å². The highest BCUT2D eigenvalue weighted by atomic mass is 32.2. The van der Waals surface area contributed by atoms with Gasteiger partial charge >= 0.3 is 6.36 Å². The molecule has 1 amide bonds. The Morgan fingerprint density at radius 1 is 0.921 bits per heavy atom. The summed E-state index contributed by atoms with van der Waals surface area (Å²) >= 11 is -2.89. The predicted molar refractivity (Wildman–Crippen MR) is 132 cm³/mol. The molecule has 0 saturated heterocycles. The lowest BCUT2D eigenvalue weighted by atomic mass is 10.0. The van der Waals surface area contributed by atoms with Crippen LogP contribution < -0.4 is 14.4 Å². The molecule has 4 rings (SSSR count). The molecule has 1 atom stereocenters. The number of ether oxygens (including phenoxy) is 1. The zero-order valence-corrected chi connectivity index (χ0v) is 19.9. The number of carbonyl (C=O) groups is 1. The minimum Gasteiger partial charge on any atom is -0.755 e. The van der Waals surface area contributed by atoms with Crippen molar-refractivity contribution in [3.8, 4) is 22.6 Å². The predicted octanol–water partition coefficient (Wildman–Crippen LogP) is 6.28. The molecule has 0 radical (unpaired) electrons. The molecule has 0 bridgehead atoms. The van der Waals surface area contributed by atoms with Gasteiger partial charge in [0.25, 0.3) is 5.91 Å². The van der Waals surface area contributed by atoms with Crippen molar-refractivity contribution >= 4 is 34.2 Å². The van der Waals surface area contributed by atoms with Crippen LogP contribution in [0.25, 0.3) is 11.1 Å². The van der Waals surface area contributed by atoms with Crippen molar-refractivity contribution in [2.75, 3.05) is 9.62 Å². The first-order valence-corrected chi connectivity index (χ1v) is 11.8. The second kappa shape index (κ2) is 10.9. The zero-order chi connectivity index (χ0) is 27.4. The molecule has 0 aliphatic carbocycles. The number of hydrogen-bond acceptors (Lipinski definition) is 5. The van der Waals surface area contributed by atoms with Gasteiger partial charge in [0.2, 0.25) is 0 Å². The number of nitrogens with one attached hydrogen (secondary N) is 1. The van der Waals surface area contributed by atoms with E-state index in [4.69, 9.17) is 0 Å². The van der Waals surface area contributed by atoms with E-state index >= 15 is 0 Å². The lowest BCUT2D eigenvalue weighted by Gasteiger charge is -2.27. The summed E-state index contributed by atoms with van der Waals surface area (Å²) in [6.45, 7) is 0. The van der Waals surface area contributed by atoms with Crippen LogP contribution in [0, 0.1) is 5.82 Å². The number of benzene rings is 4. The normalized spacial score (nSPS) is 12.0. The maximum absolute atomic E-state index is 13.3. The van der Waals surface area contributed by atoms with Gasteiger partial charge in [-0.1, -0.05) is 24.3 Å². The number of phenolic OH excluding ortho intramolecular Hbond substituents is 1. The van der Waals surface area contributed by atoms with Crippen LogP contribution in [0.2, 0.25) is 0 Å². The minimum atomic E-state index is -4.83. The molecule has 7 nitrogen and oxygen atoms in total. The summed E-state index contributed by atoms with van der Waals surface area (Å²) in [6, 6.07) is 19.7. The molecule has 0 fully saturated rings. The van der Waals surface area contributed by atoms with E-state index in [1.165, 1.54) is 60.7 Å². The van der Waals surface area contributed by atoms with Crippen molar-refractivity contribution in [3.05, 3.63) is 102 Å². The van der Waals surface area contributed by atoms with Crippen LogP contribution in [0.3, 0.4) is 0 Å². The molecule has 0 aromatic heterocycles. The van der Waals surface area contributed by atoms with Crippen molar-refractivity contribution in [1.29, 1.82) is 0 Å². The summed E-state index contributed by atoms with van der Waals surface area (Å²) in [5.41, 5.74) is 1.20. The maximum Gasteiger partial charge on any atom is 0.573 e. The molecular formula is C26H17F4N2O5S-. The van der Waals surface area contributed by atoms with Gasteiger partial charge in [-0.25, -0.2) is 4.39 Å². The first kappa shape index (κ1) is 26.6. The molecule has 0 aliphatic heterocycles. The van der Waals surface area contributed by atoms with Crippen LogP contribution in [-0.2, 0) is 11.3 Å². The first-order valence-electron chi connectivity index (χ1n) is 10.8. The highest BCUT2D eigenvalue weighted by Gasteiger charge is 2.31. The highest BCUT2D eigenvalue weighted by molar-refractivity contribution is 7.81. The fourth-order valence-corrected chi connectivity index (χ4v) is 4.14. The van der Waals surface area contributed by atoms with Crippen LogP contribution in [0.1, 0.15) is 10.4 Å². The lowest BCUT2D eigenvalue weighted by Crippen LogP contribution is -2.20. The molecule has 0 spiro atoms. The number of alkyl halides is 3. The molecule has 2 N–H and O–H groups in total. The van der Waals surface area contributed by atoms with Crippen LogP contribution in [0.4, 0.5) is 34.6 Å². The van der Waals surface area contributed by atoms with E-state index in [1.807, 2.05) is 0 Å². The first-order chi connectivity index (χ1) is 18.0. The molecule has 4 aromatic carbocycles. The Bertz CT molecular complexity index is 1480. The monoisotopic (exact) mass is 545 g/mol. The Balaban J connectivity index is 1.53. The van der Waals surface area contributed by atoms with E-state index in [2.05, 4.69) is 10.1 Å². The topological polar surface area (TPSA) is 102 Å². The van der Waals surface area contributed by atoms with Crippen LogP contribution in [0.5, 0.6) is 11.5 Å². The number of hydrogen-bond donors (Lipinski definition) is 2. The number of aromatic hydroxyl groups is 1. The van der Waals surface area contributed by atoms with Gasteiger partial charge in [-0.15, -0.1) is 13.2 Å². The smallest absolute Gasteiger partial charge is 0.573 e.